The number of ether oxygens (including phenoxy) is 1. The lowest BCUT2D eigenvalue weighted by atomic mass is 9.98. The van der Waals surface area contributed by atoms with Crippen LogP contribution in [-0.4, -0.2) is 32.3 Å². The van der Waals surface area contributed by atoms with Gasteiger partial charge in [0.05, 0.1) is 6.61 Å². The summed E-state index contributed by atoms with van der Waals surface area (Å²) in [5.41, 5.74) is 2.29. The Kier molecular flexibility index (Phi) is 3.19. The maximum atomic E-state index is 11.6. The Morgan fingerprint density at radius 1 is 1.28 bits per heavy atom. The minimum atomic E-state index is -0.225. The van der Waals surface area contributed by atoms with Crippen molar-refractivity contribution >= 4 is 11.8 Å². The average Bonchev–Trinajstić information content (AvgIpc) is 2.94. The Morgan fingerprint density at radius 3 is 2.78 bits per heavy atom. The molecule has 1 N–H and O–H groups in total. The second-order valence-corrected chi connectivity index (χ2v) is 4.90. The van der Waals surface area contributed by atoms with E-state index in [9.17, 15) is 4.79 Å². The third-order valence-electron chi connectivity index (χ3n) is 3.71. The first-order valence-corrected chi connectivity index (χ1v) is 6.59. The predicted molar refractivity (Wildman–Crippen MR) is 70.0 cm³/mol. The molecule has 0 aromatic heterocycles. The summed E-state index contributed by atoms with van der Waals surface area (Å²) in [7, 11) is 0. The van der Waals surface area contributed by atoms with Crippen molar-refractivity contribution in [3.05, 3.63) is 29.8 Å². The summed E-state index contributed by atoms with van der Waals surface area (Å²) in [6.45, 7) is 3.46. The van der Waals surface area contributed by atoms with Gasteiger partial charge in [-0.2, -0.15) is 0 Å². The van der Waals surface area contributed by atoms with Gasteiger partial charge in [0, 0.05) is 18.8 Å². The zero-order valence-electron chi connectivity index (χ0n) is 10.4. The fourth-order valence-electron chi connectivity index (χ4n) is 2.65. The van der Waals surface area contributed by atoms with Crippen molar-refractivity contribution in [1.29, 1.82) is 0 Å². The lowest BCUT2D eigenvalue weighted by Gasteiger charge is -2.26. The molecular weight excluding hydrogens is 228 g/mol. The van der Waals surface area contributed by atoms with Crippen LogP contribution in [-0.2, 0) is 4.74 Å². The Morgan fingerprint density at radius 2 is 2.11 bits per heavy atom. The highest BCUT2D eigenvalue weighted by atomic mass is 16.6. The molecule has 4 nitrogen and oxygen atoms in total. The maximum Gasteiger partial charge on any atom is 0.414 e. The highest BCUT2D eigenvalue weighted by Crippen LogP contribution is 2.25. The fraction of sp³-hybridized carbons (Fsp3) is 0.500. The molecule has 3 rings (SSSR count). The number of hydrogen-bond donors (Lipinski definition) is 1. The van der Waals surface area contributed by atoms with E-state index < -0.39 is 0 Å². The van der Waals surface area contributed by atoms with Gasteiger partial charge >= 0.3 is 6.09 Å². The minimum Gasteiger partial charge on any atom is -0.449 e. The van der Waals surface area contributed by atoms with Crippen LogP contribution < -0.4 is 10.2 Å². The van der Waals surface area contributed by atoms with Crippen molar-refractivity contribution in [3.63, 3.8) is 0 Å². The maximum absolute atomic E-state index is 11.6. The molecule has 96 valence electrons. The summed E-state index contributed by atoms with van der Waals surface area (Å²) < 4.78 is 5.05. The molecule has 1 aromatic carbocycles. The van der Waals surface area contributed by atoms with E-state index in [2.05, 4.69) is 17.4 Å². The van der Waals surface area contributed by atoms with Crippen LogP contribution in [0.5, 0.6) is 0 Å². The monoisotopic (exact) mass is 246 g/mol. The van der Waals surface area contributed by atoms with Gasteiger partial charge in [-0.25, -0.2) is 4.79 Å². The molecule has 1 aromatic rings. The van der Waals surface area contributed by atoms with Gasteiger partial charge in [0.25, 0.3) is 0 Å². The van der Waals surface area contributed by atoms with E-state index in [-0.39, 0.29) is 6.09 Å². The van der Waals surface area contributed by atoms with Gasteiger partial charge in [-0.1, -0.05) is 12.1 Å². The van der Waals surface area contributed by atoms with Crippen molar-refractivity contribution in [1.82, 2.24) is 5.32 Å². The van der Waals surface area contributed by atoms with E-state index in [1.807, 2.05) is 12.1 Å². The predicted octanol–water partition coefficient (Wildman–Crippen LogP) is 2.11. The first-order valence-electron chi connectivity index (χ1n) is 6.59. The molecular formula is C14H18N2O2. The van der Waals surface area contributed by atoms with Gasteiger partial charge in [-0.05, 0) is 43.0 Å². The Hall–Kier alpha value is -1.55. The summed E-state index contributed by atoms with van der Waals surface area (Å²) >= 11 is 0. The summed E-state index contributed by atoms with van der Waals surface area (Å²) in [6.07, 6.45) is 1.88. The van der Waals surface area contributed by atoms with Crippen LogP contribution in [0.3, 0.4) is 0 Å². The van der Waals surface area contributed by atoms with Crippen molar-refractivity contribution in [2.45, 2.75) is 18.8 Å². The number of nitrogens with zero attached hydrogens (tertiary/aromatic N) is 1. The number of rotatable bonds is 2. The van der Waals surface area contributed by atoms with Crippen LogP contribution in [0.2, 0.25) is 0 Å². The Balaban J connectivity index is 1.75. The summed E-state index contributed by atoms with van der Waals surface area (Å²) in [6, 6.07) is 8.32. The lowest BCUT2D eigenvalue weighted by molar-refractivity contribution is 0.140. The molecule has 18 heavy (non-hydrogen) atoms. The zero-order valence-corrected chi connectivity index (χ0v) is 10.4. The molecule has 1 unspecified atom stereocenters. The number of hydrogen-bond acceptors (Lipinski definition) is 3. The van der Waals surface area contributed by atoms with Gasteiger partial charge in [-0.15, -0.1) is 0 Å². The standard InChI is InChI=1S/C14H18N2O2/c17-14-16(8-1-9-18-14)13-4-2-11(3-5-13)12-6-7-15-10-12/h2-5,12,15H,1,6-10H2. The van der Waals surface area contributed by atoms with Gasteiger partial charge in [0.1, 0.15) is 0 Å². The molecule has 0 spiro atoms. The fourth-order valence-corrected chi connectivity index (χ4v) is 2.65. The van der Waals surface area contributed by atoms with Crippen molar-refractivity contribution in [2.24, 2.45) is 0 Å². The third-order valence-corrected chi connectivity index (χ3v) is 3.71. The van der Waals surface area contributed by atoms with E-state index in [1.54, 1.807) is 4.90 Å². The number of carbonyl (C=O) groups excluding carboxylic acids is 1. The number of amides is 1. The van der Waals surface area contributed by atoms with E-state index in [1.165, 1.54) is 12.0 Å². The van der Waals surface area contributed by atoms with E-state index in [4.69, 9.17) is 4.74 Å². The molecule has 2 fully saturated rings. The Bertz CT molecular complexity index is 424. The molecule has 2 saturated heterocycles. The second kappa shape index (κ2) is 4.98. The van der Waals surface area contributed by atoms with Crippen LogP contribution >= 0.6 is 0 Å². The first-order chi connectivity index (χ1) is 8.84. The quantitative estimate of drug-likeness (QED) is 0.869. The largest absolute Gasteiger partial charge is 0.449 e. The van der Waals surface area contributed by atoms with Crippen LogP contribution in [0.15, 0.2) is 24.3 Å². The summed E-state index contributed by atoms with van der Waals surface area (Å²) in [5, 5.41) is 3.37. The smallest absolute Gasteiger partial charge is 0.414 e. The van der Waals surface area contributed by atoms with Crippen LogP contribution in [0.25, 0.3) is 0 Å². The first kappa shape index (κ1) is 11.5. The summed E-state index contributed by atoms with van der Waals surface area (Å²) in [4.78, 5) is 13.3. The molecule has 2 heterocycles. The van der Waals surface area contributed by atoms with E-state index >= 15 is 0 Å². The highest BCUT2D eigenvalue weighted by molar-refractivity contribution is 5.88. The molecule has 1 amide bonds. The molecule has 0 saturated carbocycles. The zero-order chi connectivity index (χ0) is 12.4. The lowest BCUT2D eigenvalue weighted by Crippen LogP contribution is -2.37. The topological polar surface area (TPSA) is 41.6 Å². The van der Waals surface area contributed by atoms with Crippen molar-refractivity contribution < 1.29 is 9.53 Å². The van der Waals surface area contributed by atoms with Gasteiger partial charge in [-0.3, -0.25) is 4.90 Å². The van der Waals surface area contributed by atoms with Gasteiger partial charge < -0.3 is 10.1 Å². The molecule has 2 aliphatic heterocycles. The van der Waals surface area contributed by atoms with Gasteiger partial charge in [0.15, 0.2) is 0 Å². The normalized spacial score (nSPS) is 24.1. The molecule has 0 aliphatic carbocycles. The highest BCUT2D eigenvalue weighted by Gasteiger charge is 2.22. The molecule has 0 bridgehead atoms. The van der Waals surface area contributed by atoms with Crippen LogP contribution in [0.1, 0.15) is 24.3 Å². The van der Waals surface area contributed by atoms with Gasteiger partial charge in [0.2, 0.25) is 0 Å². The van der Waals surface area contributed by atoms with E-state index in [0.29, 0.717) is 12.5 Å². The minimum absolute atomic E-state index is 0.225. The molecule has 0 radical (unpaired) electrons. The van der Waals surface area contributed by atoms with Crippen LogP contribution in [0, 0.1) is 0 Å². The SMILES string of the molecule is O=C1OCCCN1c1ccc(C2CCNC2)cc1. The number of benzene rings is 1. The Labute approximate surface area is 107 Å². The number of anilines is 1. The van der Waals surface area contributed by atoms with Crippen molar-refractivity contribution in [3.8, 4) is 0 Å². The number of cyclic esters (lactones) is 1. The molecule has 1 atom stereocenters. The number of nitrogens with one attached hydrogen (secondary N) is 1. The number of carbonyl (C=O) groups is 1. The van der Waals surface area contributed by atoms with Crippen LogP contribution in [0.4, 0.5) is 10.5 Å². The second-order valence-electron chi connectivity index (χ2n) is 4.90. The molecule has 4 heteroatoms. The molecule has 2 aliphatic rings. The van der Waals surface area contributed by atoms with Crippen molar-refractivity contribution in [2.75, 3.05) is 31.1 Å². The third kappa shape index (κ3) is 2.20. The summed E-state index contributed by atoms with van der Waals surface area (Å²) in [5.74, 6) is 0.618. The van der Waals surface area contributed by atoms with E-state index in [0.717, 1.165) is 31.7 Å². The average molecular weight is 246 g/mol.